The van der Waals surface area contributed by atoms with Gasteiger partial charge in [0.15, 0.2) is 0 Å². The maximum absolute atomic E-state index is 11.0. The van der Waals surface area contributed by atoms with E-state index >= 15 is 0 Å². The van der Waals surface area contributed by atoms with Crippen molar-refractivity contribution in [2.45, 2.75) is 25.3 Å². The van der Waals surface area contributed by atoms with E-state index in [1.54, 1.807) is 0 Å². The van der Waals surface area contributed by atoms with Gasteiger partial charge in [-0.15, -0.1) is 0 Å². The van der Waals surface area contributed by atoms with E-state index in [1.807, 2.05) is 30.3 Å². The van der Waals surface area contributed by atoms with Gasteiger partial charge in [-0.2, -0.15) is 0 Å². The monoisotopic (exact) mass is 235 g/mol. The van der Waals surface area contributed by atoms with Gasteiger partial charge in [0.2, 0.25) is 0 Å². The van der Waals surface area contributed by atoms with Crippen molar-refractivity contribution in [3.63, 3.8) is 0 Å². The van der Waals surface area contributed by atoms with Crippen molar-refractivity contribution in [2.75, 3.05) is 6.54 Å². The Hall–Kier alpha value is -1.68. The van der Waals surface area contributed by atoms with Crippen molar-refractivity contribution in [1.82, 2.24) is 5.32 Å². The number of aldehydes is 1. The van der Waals surface area contributed by atoms with Crippen molar-refractivity contribution in [2.24, 2.45) is 0 Å². The van der Waals surface area contributed by atoms with Gasteiger partial charge >= 0.3 is 5.97 Å². The van der Waals surface area contributed by atoms with E-state index in [9.17, 15) is 9.59 Å². The molecule has 0 saturated carbocycles. The predicted molar refractivity (Wildman–Crippen MR) is 64.9 cm³/mol. The zero-order valence-corrected chi connectivity index (χ0v) is 9.63. The number of carboxylic acids is 1. The predicted octanol–water partition coefficient (Wildman–Crippen LogP) is 1.25. The molecule has 0 aliphatic rings. The first kappa shape index (κ1) is 13.4. The summed E-state index contributed by atoms with van der Waals surface area (Å²) in [5.74, 6) is -0.861. The number of rotatable bonds is 8. The first-order valence-electron chi connectivity index (χ1n) is 5.68. The van der Waals surface area contributed by atoms with Gasteiger partial charge in [0.05, 0.1) is 0 Å². The average molecular weight is 235 g/mol. The summed E-state index contributed by atoms with van der Waals surface area (Å²) in [6, 6.07) is 8.90. The zero-order chi connectivity index (χ0) is 12.5. The van der Waals surface area contributed by atoms with Gasteiger partial charge in [-0.25, -0.2) is 0 Å². The van der Waals surface area contributed by atoms with Crippen LogP contribution in [-0.2, 0) is 16.0 Å². The number of carbonyl (C=O) groups is 2. The largest absolute Gasteiger partial charge is 0.480 e. The smallest absolute Gasteiger partial charge is 0.321 e. The lowest BCUT2D eigenvalue weighted by Crippen LogP contribution is -2.39. The third-order valence-electron chi connectivity index (χ3n) is 2.47. The van der Waals surface area contributed by atoms with Crippen LogP contribution in [0.4, 0.5) is 0 Å². The van der Waals surface area contributed by atoms with Crippen LogP contribution >= 0.6 is 0 Å². The molecule has 0 aromatic heterocycles. The average Bonchev–Trinajstić information content (AvgIpc) is 2.34. The molecule has 0 radical (unpaired) electrons. The lowest BCUT2D eigenvalue weighted by molar-refractivity contribution is -0.139. The van der Waals surface area contributed by atoms with Crippen LogP contribution in [0, 0.1) is 0 Å². The van der Waals surface area contributed by atoms with E-state index in [-0.39, 0.29) is 0 Å². The standard InChI is InChI=1S/C13H17NO3/c15-9-5-4-8-14-12(13(16)17)10-11-6-2-1-3-7-11/h1-3,6-7,9,12,14H,4-5,8,10H2,(H,16,17). The molecule has 1 atom stereocenters. The highest BCUT2D eigenvalue weighted by Crippen LogP contribution is 2.03. The van der Waals surface area contributed by atoms with Gasteiger partial charge in [-0.05, 0) is 24.9 Å². The molecule has 0 bridgehead atoms. The van der Waals surface area contributed by atoms with Crippen molar-refractivity contribution in [3.8, 4) is 0 Å². The summed E-state index contributed by atoms with van der Waals surface area (Å²) >= 11 is 0. The van der Waals surface area contributed by atoms with Crippen molar-refractivity contribution in [3.05, 3.63) is 35.9 Å². The van der Waals surface area contributed by atoms with E-state index in [2.05, 4.69) is 5.32 Å². The van der Waals surface area contributed by atoms with Crippen LogP contribution < -0.4 is 5.32 Å². The minimum atomic E-state index is -0.861. The summed E-state index contributed by atoms with van der Waals surface area (Å²) < 4.78 is 0. The topological polar surface area (TPSA) is 66.4 Å². The van der Waals surface area contributed by atoms with Crippen LogP contribution in [0.3, 0.4) is 0 Å². The molecule has 0 heterocycles. The molecule has 0 aliphatic heterocycles. The maximum Gasteiger partial charge on any atom is 0.321 e. The van der Waals surface area contributed by atoms with Crippen molar-refractivity contribution < 1.29 is 14.7 Å². The molecule has 17 heavy (non-hydrogen) atoms. The molecule has 0 aliphatic carbocycles. The fraction of sp³-hybridized carbons (Fsp3) is 0.385. The molecule has 0 saturated heterocycles. The van der Waals surface area contributed by atoms with Crippen LogP contribution in [0.2, 0.25) is 0 Å². The van der Waals surface area contributed by atoms with Crippen molar-refractivity contribution >= 4 is 12.3 Å². The third kappa shape index (κ3) is 5.26. The molecule has 1 aromatic rings. The van der Waals surface area contributed by atoms with Gasteiger partial charge < -0.3 is 15.2 Å². The Balaban J connectivity index is 2.43. The Kier molecular flexibility index (Phi) is 5.96. The summed E-state index contributed by atoms with van der Waals surface area (Å²) in [4.78, 5) is 21.2. The number of aliphatic carboxylic acids is 1. The van der Waals surface area contributed by atoms with Crippen LogP contribution in [0.5, 0.6) is 0 Å². The molecule has 1 rings (SSSR count). The molecule has 92 valence electrons. The minimum Gasteiger partial charge on any atom is -0.480 e. The van der Waals surface area contributed by atoms with E-state index in [1.165, 1.54) is 0 Å². The Morgan fingerprint density at radius 2 is 2.06 bits per heavy atom. The SMILES string of the molecule is O=CCCCNC(Cc1ccccc1)C(=O)O. The first-order valence-corrected chi connectivity index (χ1v) is 5.68. The summed E-state index contributed by atoms with van der Waals surface area (Å²) in [5, 5.41) is 12.0. The summed E-state index contributed by atoms with van der Waals surface area (Å²) in [6.07, 6.45) is 2.43. The molecule has 0 spiro atoms. The zero-order valence-electron chi connectivity index (χ0n) is 9.63. The van der Waals surface area contributed by atoms with Gasteiger partial charge in [-0.1, -0.05) is 30.3 Å². The minimum absolute atomic E-state index is 0.456. The molecule has 1 unspecified atom stereocenters. The van der Waals surface area contributed by atoms with Crippen LogP contribution in [0.25, 0.3) is 0 Å². The van der Waals surface area contributed by atoms with Gasteiger partial charge in [0, 0.05) is 6.42 Å². The number of unbranched alkanes of at least 4 members (excludes halogenated alkanes) is 1. The highest BCUT2D eigenvalue weighted by Gasteiger charge is 2.16. The molecule has 0 fully saturated rings. The molecule has 1 aromatic carbocycles. The first-order chi connectivity index (χ1) is 8.24. The molecule has 4 nitrogen and oxygen atoms in total. The summed E-state index contributed by atoms with van der Waals surface area (Å²) in [7, 11) is 0. The number of nitrogens with one attached hydrogen (secondary N) is 1. The molecular formula is C13H17NO3. The Labute approximate surface area is 101 Å². The van der Waals surface area contributed by atoms with E-state index < -0.39 is 12.0 Å². The highest BCUT2D eigenvalue weighted by molar-refractivity contribution is 5.73. The number of hydrogen-bond donors (Lipinski definition) is 2. The quantitative estimate of drug-likeness (QED) is 0.525. The second-order valence-electron chi connectivity index (χ2n) is 3.84. The lowest BCUT2D eigenvalue weighted by atomic mass is 10.1. The number of hydrogen-bond acceptors (Lipinski definition) is 3. The number of carboxylic acid groups (broad SMARTS) is 1. The summed E-state index contributed by atoms with van der Waals surface area (Å²) in [5.41, 5.74) is 0.989. The van der Waals surface area contributed by atoms with Gasteiger partial charge in [0.25, 0.3) is 0 Å². The normalized spacial score (nSPS) is 12.0. The molecule has 4 heteroatoms. The Morgan fingerprint density at radius 1 is 1.35 bits per heavy atom. The Bertz CT molecular complexity index is 351. The van der Waals surface area contributed by atoms with Crippen LogP contribution in [0.1, 0.15) is 18.4 Å². The molecule has 0 amide bonds. The fourth-order valence-corrected chi connectivity index (χ4v) is 1.56. The van der Waals surface area contributed by atoms with E-state index in [4.69, 9.17) is 5.11 Å². The van der Waals surface area contributed by atoms with Gasteiger partial charge in [0.1, 0.15) is 12.3 Å². The summed E-state index contributed by atoms with van der Waals surface area (Å²) in [6.45, 7) is 0.544. The number of carbonyl (C=O) groups excluding carboxylic acids is 1. The second kappa shape index (κ2) is 7.57. The molecular weight excluding hydrogens is 218 g/mol. The van der Waals surface area contributed by atoms with Crippen LogP contribution in [0.15, 0.2) is 30.3 Å². The van der Waals surface area contributed by atoms with E-state index in [0.717, 1.165) is 11.8 Å². The Morgan fingerprint density at radius 3 is 2.65 bits per heavy atom. The van der Waals surface area contributed by atoms with Crippen molar-refractivity contribution in [1.29, 1.82) is 0 Å². The van der Waals surface area contributed by atoms with Gasteiger partial charge in [-0.3, -0.25) is 4.79 Å². The maximum atomic E-state index is 11.0. The second-order valence-corrected chi connectivity index (χ2v) is 3.84. The highest BCUT2D eigenvalue weighted by atomic mass is 16.4. The molecule has 2 N–H and O–H groups in total. The fourth-order valence-electron chi connectivity index (χ4n) is 1.56. The number of benzene rings is 1. The van der Waals surface area contributed by atoms with E-state index in [0.29, 0.717) is 25.8 Å². The lowest BCUT2D eigenvalue weighted by Gasteiger charge is -2.13. The van der Waals surface area contributed by atoms with Crippen LogP contribution in [-0.4, -0.2) is 29.9 Å². The third-order valence-corrected chi connectivity index (χ3v) is 2.47.